The van der Waals surface area contributed by atoms with E-state index < -0.39 is 38.2 Å². The van der Waals surface area contributed by atoms with E-state index in [4.69, 9.17) is 26.0 Å². The number of hydrogen-bond donors (Lipinski definition) is 6. The molecule has 0 aromatic carbocycles. The molecule has 0 aliphatic heterocycles. The highest BCUT2D eigenvalue weighted by Crippen LogP contribution is 2.39. The maximum atomic E-state index is 14.9. The van der Waals surface area contributed by atoms with Crippen LogP contribution in [0.2, 0.25) is 0 Å². The Labute approximate surface area is 145 Å². The van der Waals surface area contributed by atoms with Gasteiger partial charge in [0.1, 0.15) is 12.7 Å². The van der Waals surface area contributed by atoms with E-state index in [1.54, 1.807) is 0 Å². The number of aliphatic hydroxyl groups is 1. The van der Waals surface area contributed by atoms with Gasteiger partial charge in [0, 0.05) is 6.54 Å². The maximum Gasteiger partial charge on any atom is 0.469 e. The van der Waals surface area contributed by atoms with Gasteiger partial charge in [0.2, 0.25) is 5.95 Å². The number of hydrogen-bond acceptors (Lipinski definition) is 9. The highest BCUT2D eigenvalue weighted by atomic mass is 31.2. The van der Waals surface area contributed by atoms with E-state index >= 15 is 0 Å². The molecular formula is C11H18FN6O7P. The van der Waals surface area contributed by atoms with Gasteiger partial charge in [-0.15, -0.1) is 0 Å². The van der Waals surface area contributed by atoms with Crippen molar-refractivity contribution in [1.82, 2.24) is 19.5 Å². The predicted octanol–water partition coefficient (Wildman–Crippen LogP) is -1.67. The number of nitrogens with one attached hydrogen (secondary N) is 1. The third kappa shape index (κ3) is 4.42. The molecule has 0 aliphatic carbocycles. The summed E-state index contributed by atoms with van der Waals surface area (Å²) < 4.78 is 36.0. The summed E-state index contributed by atoms with van der Waals surface area (Å²) in [4.78, 5) is 39.1. The molecule has 0 aliphatic rings. The van der Waals surface area contributed by atoms with Crippen molar-refractivity contribution in [2.24, 2.45) is 5.73 Å². The second-order valence-corrected chi connectivity index (χ2v) is 6.55. The number of alkyl halides is 1. The van der Waals surface area contributed by atoms with Gasteiger partial charge in [0.05, 0.1) is 6.33 Å². The molecule has 0 unspecified atom stereocenters. The van der Waals surface area contributed by atoms with Crippen molar-refractivity contribution in [2.75, 3.05) is 18.9 Å². The van der Waals surface area contributed by atoms with Gasteiger partial charge >= 0.3 is 7.82 Å². The smallest absolute Gasteiger partial charge is 0.387 e. The average molecular weight is 396 g/mol. The number of aromatic amines is 1. The summed E-state index contributed by atoms with van der Waals surface area (Å²) in [5, 5.41) is 9.62. The molecule has 0 saturated heterocycles. The van der Waals surface area contributed by atoms with Crippen LogP contribution in [0.5, 0.6) is 0 Å². The number of H-pyrrole nitrogens is 1. The Hall–Kier alpha value is -1.93. The number of aliphatic hydroxyl groups excluding tert-OH is 1. The van der Waals surface area contributed by atoms with Gasteiger partial charge in [-0.2, -0.15) is 4.98 Å². The van der Waals surface area contributed by atoms with E-state index in [2.05, 4.69) is 19.5 Å². The summed E-state index contributed by atoms with van der Waals surface area (Å²) in [6, 6.07) is 0. The van der Waals surface area contributed by atoms with Crippen LogP contribution < -0.4 is 17.0 Å². The number of phosphoric ester groups is 1. The highest BCUT2D eigenvalue weighted by Gasteiger charge is 2.42. The molecule has 0 saturated carbocycles. The number of halogens is 1. The van der Waals surface area contributed by atoms with Gasteiger partial charge < -0.3 is 31.1 Å². The molecule has 15 heteroatoms. The Morgan fingerprint density at radius 2 is 2.19 bits per heavy atom. The van der Waals surface area contributed by atoms with E-state index in [0.717, 1.165) is 17.8 Å². The van der Waals surface area contributed by atoms with Crippen LogP contribution in [0.3, 0.4) is 0 Å². The monoisotopic (exact) mass is 396 g/mol. The normalized spacial score (nSPS) is 17.2. The van der Waals surface area contributed by atoms with Crippen molar-refractivity contribution in [2.45, 2.75) is 25.1 Å². The fourth-order valence-corrected chi connectivity index (χ4v) is 2.37. The molecule has 2 aromatic rings. The van der Waals surface area contributed by atoms with E-state index in [1.807, 2.05) is 0 Å². The van der Waals surface area contributed by atoms with E-state index in [0.29, 0.717) is 0 Å². The Kier molecular flexibility index (Phi) is 5.77. The van der Waals surface area contributed by atoms with Gasteiger partial charge in [-0.3, -0.25) is 18.9 Å². The summed E-state index contributed by atoms with van der Waals surface area (Å²) in [7, 11) is -5.02. The quantitative estimate of drug-likeness (QED) is 0.278. The van der Waals surface area contributed by atoms with Gasteiger partial charge in [-0.05, 0) is 6.92 Å². The molecule has 0 fully saturated rings. The Bertz CT molecular complexity index is 882. The molecule has 2 heterocycles. The molecule has 0 radical (unpaired) electrons. The zero-order valence-corrected chi connectivity index (χ0v) is 14.3. The zero-order valence-electron chi connectivity index (χ0n) is 13.4. The van der Waals surface area contributed by atoms with Gasteiger partial charge in [-0.25, -0.2) is 13.9 Å². The number of anilines is 1. The van der Waals surface area contributed by atoms with Crippen molar-refractivity contribution in [1.29, 1.82) is 0 Å². The average Bonchev–Trinajstić information content (AvgIpc) is 2.94. The molecular weight excluding hydrogens is 378 g/mol. The minimum Gasteiger partial charge on any atom is -0.387 e. The largest absolute Gasteiger partial charge is 0.469 e. The number of ether oxygens (including phenoxy) is 1. The molecule has 13 nitrogen and oxygen atoms in total. The second kappa shape index (κ2) is 7.36. The van der Waals surface area contributed by atoms with Crippen LogP contribution in [0.4, 0.5) is 10.3 Å². The lowest BCUT2D eigenvalue weighted by molar-refractivity contribution is -0.255. The molecule has 146 valence electrons. The first-order chi connectivity index (χ1) is 12.0. The summed E-state index contributed by atoms with van der Waals surface area (Å²) in [5.41, 5.74) is 10.2. The molecule has 8 N–H and O–H groups in total. The van der Waals surface area contributed by atoms with Crippen molar-refractivity contribution in [3.8, 4) is 0 Å². The first kappa shape index (κ1) is 20.4. The third-order valence-corrected chi connectivity index (χ3v) is 3.81. The van der Waals surface area contributed by atoms with Gasteiger partial charge in [0.15, 0.2) is 17.4 Å². The number of rotatable bonds is 8. The van der Waals surface area contributed by atoms with Crippen LogP contribution in [0.25, 0.3) is 11.2 Å². The number of nitrogen functional groups attached to an aromatic ring is 1. The van der Waals surface area contributed by atoms with Crippen LogP contribution in [0, 0.1) is 0 Å². The number of imidazole rings is 1. The van der Waals surface area contributed by atoms with Crippen molar-refractivity contribution >= 4 is 24.9 Å². The molecule has 2 aromatic heterocycles. The summed E-state index contributed by atoms with van der Waals surface area (Å²) in [6.07, 6.45) is -2.11. The van der Waals surface area contributed by atoms with Crippen molar-refractivity contribution in [3.05, 3.63) is 16.7 Å². The topological polar surface area (TPSA) is 212 Å². The molecule has 0 bridgehead atoms. The fourth-order valence-electron chi connectivity index (χ4n) is 2.02. The molecule has 0 spiro atoms. The van der Waals surface area contributed by atoms with Gasteiger partial charge in [0.25, 0.3) is 11.4 Å². The number of fused-ring (bicyclic) bond motifs is 1. The standard InChI is InChI=1S/C11H18FN6O7P/c1-5(19)11(12,3-24-26(21,22)23)25-6(2-13)18-4-15-7-8(18)16-10(14)17-9(7)20/h4-6,19H,2-3,13H2,1H3,(H2,21,22,23)(H3,14,16,17,20)/t5-,6+,11+/m0/s1. The molecule has 26 heavy (non-hydrogen) atoms. The number of aromatic nitrogens is 4. The van der Waals surface area contributed by atoms with Crippen molar-refractivity contribution in [3.63, 3.8) is 0 Å². The third-order valence-electron chi connectivity index (χ3n) is 3.35. The molecule has 0 amide bonds. The Morgan fingerprint density at radius 1 is 1.54 bits per heavy atom. The summed E-state index contributed by atoms with van der Waals surface area (Å²) >= 11 is 0. The van der Waals surface area contributed by atoms with Crippen LogP contribution >= 0.6 is 7.82 Å². The lowest BCUT2D eigenvalue weighted by atomic mass is 10.2. The number of nitrogens with zero attached hydrogens (tertiary/aromatic N) is 3. The minimum absolute atomic E-state index is 0.0643. The SMILES string of the molecule is C[C@H](O)[C@@](F)(COP(=O)(O)O)O[C@H](CN)n1cnc2c(=O)[nH]c(N)nc21. The highest BCUT2D eigenvalue weighted by molar-refractivity contribution is 7.46. The summed E-state index contributed by atoms with van der Waals surface area (Å²) in [5.74, 6) is -3.26. The number of nitrogens with two attached hydrogens (primary N) is 2. The first-order valence-corrected chi connectivity index (χ1v) is 8.67. The van der Waals surface area contributed by atoms with Crippen LogP contribution in [0.1, 0.15) is 13.2 Å². The zero-order chi connectivity index (χ0) is 19.7. The van der Waals surface area contributed by atoms with E-state index in [1.165, 1.54) is 0 Å². The second-order valence-electron chi connectivity index (χ2n) is 5.31. The molecule has 3 atom stereocenters. The Morgan fingerprint density at radius 3 is 2.73 bits per heavy atom. The lowest BCUT2D eigenvalue weighted by Gasteiger charge is -2.32. The fraction of sp³-hybridized carbons (Fsp3) is 0.545. The summed E-state index contributed by atoms with van der Waals surface area (Å²) in [6.45, 7) is -0.661. The van der Waals surface area contributed by atoms with Crippen molar-refractivity contribution < 1.29 is 33.1 Å². The molecule has 2 rings (SSSR count). The maximum absolute atomic E-state index is 14.9. The minimum atomic E-state index is -5.02. The van der Waals surface area contributed by atoms with Gasteiger partial charge in [-0.1, -0.05) is 0 Å². The first-order valence-electron chi connectivity index (χ1n) is 7.14. The van der Waals surface area contributed by atoms with Crippen LogP contribution in [0.15, 0.2) is 11.1 Å². The van der Waals surface area contributed by atoms with Crippen LogP contribution in [-0.4, -0.2) is 59.5 Å². The van der Waals surface area contributed by atoms with E-state index in [-0.39, 0.29) is 23.7 Å². The van der Waals surface area contributed by atoms with Crippen LogP contribution in [-0.2, 0) is 13.8 Å². The predicted molar refractivity (Wildman–Crippen MR) is 85.3 cm³/mol. The Balaban J connectivity index is 2.38. The number of phosphoric acid groups is 1. The van der Waals surface area contributed by atoms with E-state index in [9.17, 15) is 18.9 Å². The lowest BCUT2D eigenvalue weighted by Crippen LogP contribution is -2.46.